The quantitative estimate of drug-likeness (QED) is 0.729. The molecule has 0 unspecified atom stereocenters. The number of alkyl halides is 4. The minimum Gasteiger partial charge on any atom is -0.334 e. The smallest absolute Gasteiger partial charge is 0.334 e. The van der Waals surface area contributed by atoms with Crippen LogP contribution >= 0.6 is 11.6 Å². The Balaban J connectivity index is 2.15. The Bertz CT molecular complexity index is 487. The summed E-state index contributed by atoms with van der Waals surface area (Å²) in [6.45, 7) is 0.197. The summed E-state index contributed by atoms with van der Waals surface area (Å²) >= 11 is 5.74. The molecule has 0 saturated heterocycles. The number of carbonyl (C=O) groups excluding carboxylic acids is 1. The van der Waals surface area contributed by atoms with Crippen molar-refractivity contribution in [3.8, 4) is 0 Å². The summed E-state index contributed by atoms with van der Waals surface area (Å²) in [5, 5.41) is 0. The summed E-state index contributed by atoms with van der Waals surface area (Å²) in [5.74, 6) is -1.38. The first kappa shape index (κ1) is 14.2. The zero-order valence-electron chi connectivity index (χ0n) is 10.1. The largest absolute Gasteiger partial charge is 0.471 e. The van der Waals surface area contributed by atoms with Gasteiger partial charge in [-0.2, -0.15) is 13.2 Å². The van der Waals surface area contributed by atoms with E-state index in [0.29, 0.717) is 18.7 Å². The molecule has 0 aliphatic carbocycles. The Kier molecular flexibility index (Phi) is 4.04. The topological polar surface area (TPSA) is 20.3 Å². The van der Waals surface area contributed by atoms with Crippen LogP contribution in [0.2, 0.25) is 0 Å². The van der Waals surface area contributed by atoms with Gasteiger partial charge in [-0.05, 0) is 29.5 Å². The Labute approximate surface area is 114 Å². The van der Waals surface area contributed by atoms with E-state index in [4.69, 9.17) is 11.6 Å². The van der Waals surface area contributed by atoms with E-state index in [9.17, 15) is 18.0 Å². The molecule has 0 fully saturated rings. The highest BCUT2D eigenvalue weighted by Gasteiger charge is 2.42. The molecule has 2 rings (SSSR count). The molecule has 1 amide bonds. The third kappa shape index (κ3) is 3.21. The van der Waals surface area contributed by atoms with Crippen molar-refractivity contribution in [2.24, 2.45) is 0 Å². The molecule has 0 radical (unpaired) electrons. The van der Waals surface area contributed by atoms with Crippen LogP contribution in [-0.4, -0.2) is 30.1 Å². The fourth-order valence-electron chi connectivity index (χ4n) is 2.24. The normalized spacial score (nSPS) is 15.9. The summed E-state index contributed by atoms with van der Waals surface area (Å²) in [6.07, 6.45) is -3.92. The van der Waals surface area contributed by atoms with Crippen LogP contribution in [0.15, 0.2) is 18.2 Å². The van der Waals surface area contributed by atoms with Crippen molar-refractivity contribution in [1.82, 2.24) is 4.90 Å². The number of benzene rings is 1. The number of hydrogen-bond donors (Lipinski definition) is 0. The lowest BCUT2D eigenvalue weighted by Crippen LogP contribution is -2.42. The van der Waals surface area contributed by atoms with E-state index >= 15 is 0 Å². The van der Waals surface area contributed by atoms with Crippen molar-refractivity contribution in [3.63, 3.8) is 0 Å². The average molecular weight is 292 g/mol. The number of fused-ring (bicyclic) bond motifs is 1. The van der Waals surface area contributed by atoms with Gasteiger partial charge in [-0.15, -0.1) is 11.6 Å². The predicted molar refractivity (Wildman–Crippen MR) is 66.0 cm³/mol. The van der Waals surface area contributed by atoms with Crippen molar-refractivity contribution in [2.45, 2.75) is 24.9 Å². The average Bonchev–Trinajstić information content (AvgIpc) is 2.58. The lowest BCUT2D eigenvalue weighted by Gasteiger charge is -2.21. The molecule has 0 atom stereocenters. The highest BCUT2D eigenvalue weighted by molar-refractivity contribution is 6.17. The molecule has 1 aromatic carbocycles. The van der Waals surface area contributed by atoms with Crippen LogP contribution in [-0.2, 0) is 23.5 Å². The first-order valence-corrected chi connectivity index (χ1v) is 6.48. The van der Waals surface area contributed by atoms with Gasteiger partial charge in [-0.1, -0.05) is 18.2 Å². The Morgan fingerprint density at radius 3 is 2.42 bits per heavy atom. The molecule has 0 saturated carbocycles. The summed E-state index contributed by atoms with van der Waals surface area (Å²) in [6, 6.07) is 5.66. The number of amides is 1. The van der Waals surface area contributed by atoms with E-state index in [1.54, 1.807) is 0 Å². The van der Waals surface area contributed by atoms with Gasteiger partial charge in [0.25, 0.3) is 0 Å². The lowest BCUT2D eigenvalue weighted by atomic mass is 10.0. The standard InChI is InChI=1S/C13H13ClF3NO/c14-8-9-1-2-10-3-5-18(6-4-11(10)7-9)12(19)13(15,16)17/h1-2,7H,3-6,8H2. The fraction of sp³-hybridized carbons (Fsp3) is 0.462. The number of nitrogens with zero attached hydrogens (tertiary/aromatic N) is 1. The second-order valence-electron chi connectivity index (χ2n) is 4.53. The van der Waals surface area contributed by atoms with Crippen LogP contribution in [0.25, 0.3) is 0 Å². The van der Waals surface area contributed by atoms with E-state index in [0.717, 1.165) is 21.6 Å². The highest BCUT2D eigenvalue weighted by atomic mass is 35.5. The molecule has 0 aromatic heterocycles. The third-order valence-electron chi connectivity index (χ3n) is 3.26. The molecular weight excluding hydrogens is 279 g/mol. The molecule has 2 nitrogen and oxygen atoms in total. The highest BCUT2D eigenvalue weighted by Crippen LogP contribution is 2.23. The predicted octanol–water partition coefficient (Wildman–Crippen LogP) is 2.91. The molecule has 1 aliphatic rings. The van der Waals surface area contributed by atoms with Gasteiger partial charge in [0.15, 0.2) is 0 Å². The zero-order valence-corrected chi connectivity index (χ0v) is 10.9. The summed E-state index contributed by atoms with van der Waals surface area (Å²) in [5.41, 5.74) is 2.91. The Morgan fingerprint density at radius 1 is 1.21 bits per heavy atom. The molecule has 1 aromatic rings. The molecule has 0 spiro atoms. The zero-order chi connectivity index (χ0) is 14.0. The summed E-state index contributed by atoms with van der Waals surface area (Å²) in [7, 11) is 0. The first-order chi connectivity index (χ1) is 8.91. The van der Waals surface area contributed by atoms with Crippen molar-refractivity contribution < 1.29 is 18.0 Å². The second-order valence-corrected chi connectivity index (χ2v) is 4.79. The van der Waals surface area contributed by atoms with E-state index in [2.05, 4.69) is 0 Å². The van der Waals surface area contributed by atoms with E-state index in [1.165, 1.54) is 0 Å². The van der Waals surface area contributed by atoms with Gasteiger partial charge >= 0.3 is 12.1 Å². The molecular formula is C13H13ClF3NO. The molecule has 104 valence electrons. The van der Waals surface area contributed by atoms with Crippen LogP contribution < -0.4 is 0 Å². The Morgan fingerprint density at radius 2 is 1.84 bits per heavy atom. The Hall–Kier alpha value is -1.23. The van der Waals surface area contributed by atoms with Gasteiger partial charge in [0.05, 0.1) is 0 Å². The fourth-order valence-corrected chi connectivity index (χ4v) is 2.41. The minimum absolute atomic E-state index is 0.0943. The van der Waals surface area contributed by atoms with Crippen LogP contribution in [0, 0.1) is 0 Å². The van der Waals surface area contributed by atoms with Crippen LogP contribution in [0.4, 0.5) is 13.2 Å². The summed E-state index contributed by atoms with van der Waals surface area (Å²) in [4.78, 5) is 12.1. The van der Waals surface area contributed by atoms with Crippen LogP contribution in [0.3, 0.4) is 0 Å². The number of carbonyl (C=O) groups is 1. The van der Waals surface area contributed by atoms with Gasteiger partial charge in [0, 0.05) is 19.0 Å². The molecule has 0 N–H and O–H groups in total. The molecule has 6 heteroatoms. The minimum atomic E-state index is -4.79. The van der Waals surface area contributed by atoms with Gasteiger partial charge in [-0.25, -0.2) is 0 Å². The van der Waals surface area contributed by atoms with Gasteiger partial charge < -0.3 is 4.90 Å². The lowest BCUT2D eigenvalue weighted by molar-refractivity contribution is -0.185. The van der Waals surface area contributed by atoms with Crippen molar-refractivity contribution in [1.29, 1.82) is 0 Å². The van der Waals surface area contributed by atoms with Crippen LogP contribution in [0.5, 0.6) is 0 Å². The third-order valence-corrected chi connectivity index (χ3v) is 3.57. The van der Waals surface area contributed by atoms with Gasteiger partial charge in [-0.3, -0.25) is 4.79 Å². The second kappa shape index (κ2) is 5.41. The monoisotopic (exact) mass is 291 g/mol. The maximum atomic E-state index is 12.4. The molecule has 19 heavy (non-hydrogen) atoms. The van der Waals surface area contributed by atoms with Crippen LogP contribution in [0.1, 0.15) is 16.7 Å². The van der Waals surface area contributed by atoms with E-state index < -0.39 is 12.1 Å². The van der Waals surface area contributed by atoms with Gasteiger partial charge in [0.1, 0.15) is 0 Å². The maximum absolute atomic E-state index is 12.4. The SMILES string of the molecule is O=C(N1CCc2ccc(CCl)cc2CC1)C(F)(F)F. The number of hydrogen-bond acceptors (Lipinski definition) is 1. The van der Waals surface area contributed by atoms with Crippen molar-refractivity contribution in [3.05, 3.63) is 34.9 Å². The molecule has 0 bridgehead atoms. The van der Waals surface area contributed by atoms with E-state index in [-0.39, 0.29) is 13.1 Å². The number of halogens is 4. The van der Waals surface area contributed by atoms with Crippen molar-refractivity contribution >= 4 is 17.5 Å². The first-order valence-electron chi connectivity index (χ1n) is 5.94. The number of rotatable bonds is 1. The van der Waals surface area contributed by atoms with E-state index in [1.807, 2.05) is 18.2 Å². The molecule has 1 aliphatic heterocycles. The maximum Gasteiger partial charge on any atom is 0.471 e. The van der Waals surface area contributed by atoms with Crippen molar-refractivity contribution in [2.75, 3.05) is 13.1 Å². The van der Waals surface area contributed by atoms with Gasteiger partial charge in [0.2, 0.25) is 0 Å². The summed E-state index contributed by atoms with van der Waals surface area (Å²) < 4.78 is 37.2. The molecule has 1 heterocycles.